The van der Waals surface area contributed by atoms with Gasteiger partial charge in [-0.25, -0.2) is 4.79 Å². The molecule has 1 aliphatic carbocycles. The summed E-state index contributed by atoms with van der Waals surface area (Å²) in [6.07, 6.45) is 4.47. The van der Waals surface area contributed by atoms with Crippen molar-refractivity contribution in [3.05, 3.63) is 34.3 Å². The van der Waals surface area contributed by atoms with Crippen LogP contribution in [0.15, 0.2) is 18.2 Å². The number of benzene rings is 1. The van der Waals surface area contributed by atoms with Crippen molar-refractivity contribution in [1.82, 2.24) is 5.32 Å². The molecule has 0 aromatic heterocycles. The van der Waals surface area contributed by atoms with Crippen LogP contribution in [-0.2, 0) is 20.7 Å². The van der Waals surface area contributed by atoms with E-state index in [0.29, 0.717) is 17.9 Å². The number of halogens is 1. The normalized spacial score (nSPS) is 16.9. The molecule has 1 aromatic rings. The van der Waals surface area contributed by atoms with E-state index in [2.05, 4.69) is 5.32 Å². The Morgan fingerprint density at radius 3 is 2.55 bits per heavy atom. The Morgan fingerprint density at radius 2 is 1.95 bits per heavy atom. The van der Waals surface area contributed by atoms with Gasteiger partial charge in [-0.15, -0.1) is 0 Å². The van der Waals surface area contributed by atoms with E-state index in [4.69, 9.17) is 16.3 Å². The van der Waals surface area contributed by atoms with Crippen molar-refractivity contribution in [3.8, 4) is 0 Å². The van der Waals surface area contributed by atoms with Crippen LogP contribution in [0.3, 0.4) is 0 Å². The molecule has 0 bridgehead atoms. The summed E-state index contributed by atoms with van der Waals surface area (Å²) in [5.41, 5.74) is 1.03. The second-order valence-corrected chi connectivity index (χ2v) is 6.37. The van der Waals surface area contributed by atoms with E-state index in [1.54, 1.807) is 6.07 Å². The fraction of sp³-hybridized carbons (Fsp3) is 0.529. The molecule has 1 aromatic carbocycles. The molecule has 0 atom stereocenters. The van der Waals surface area contributed by atoms with E-state index >= 15 is 0 Å². The molecule has 2 rings (SSSR count). The summed E-state index contributed by atoms with van der Waals surface area (Å²) in [5.74, 6) is -0.494. The van der Waals surface area contributed by atoms with Crippen LogP contribution in [0.2, 0.25) is 5.02 Å². The smallest absolute Gasteiger partial charge is 0.331 e. The van der Waals surface area contributed by atoms with Gasteiger partial charge in [0.15, 0.2) is 0 Å². The SMILES string of the molecule is COC(=O)C1(NC(=O)Cc2ccc(Cl)cc2C)CCCCC1. The fourth-order valence-electron chi connectivity index (χ4n) is 3.07. The van der Waals surface area contributed by atoms with Crippen LogP contribution in [0.5, 0.6) is 0 Å². The van der Waals surface area contributed by atoms with Gasteiger partial charge in [0.05, 0.1) is 13.5 Å². The zero-order valence-corrected chi connectivity index (χ0v) is 13.8. The topological polar surface area (TPSA) is 55.4 Å². The highest BCUT2D eigenvalue weighted by atomic mass is 35.5. The molecule has 1 aliphatic rings. The van der Waals surface area contributed by atoms with Crippen molar-refractivity contribution >= 4 is 23.5 Å². The summed E-state index contributed by atoms with van der Waals surface area (Å²) >= 11 is 5.93. The molecular weight excluding hydrogens is 302 g/mol. The van der Waals surface area contributed by atoms with Crippen molar-refractivity contribution < 1.29 is 14.3 Å². The minimum absolute atomic E-state index is 0.155. The van der Waals surface area contributed by atoms with E-state index in [-0.39, 0.29) is 18.3 Å². The minimum atomic E-state index is -0.857. The Hall–Kier alpha value is -1.55. The molecule has 0 unspecified atom stereocenters. The molecular formula is C17H22ClNO3. The molecule has 5 heteroatoms. The summed E-state index contributed by atoms with van der Waals surface area (Å²) < 4.78 is 4.91. The number of amides is 1. The Bertz CT molecular complexity index is 565. The predicted octanol–water partition coefficient (Wildman–Crippen LogP) is 3.18. The molecule has 120 valence electrons. The number of nitrogens with one attached hydrogen (secondary N) is 1. The first-order valence-electron chi connectivity index (χ1n) is 7.61. The van der Waals surface area contributed by atoms with Crippen LogP contribution >= 0.6 is 11.6 Å². The molecule has 0 spiro atoms. The van der Waals surface area contributed by atoms with Gasteiger partial charge in [0.25, 0.3) is 0 Å². The largest absolute Gasteiger partial charge is 0.467 e. The van der Waals surface area contributed by atoms with E-state index in [1.165, 1.54) is 7.11 Å². The van der Waals surface area contributed by atoms with Gasteiger partial charge < -0.3 is 10.1 Å². The number of methoxy groups -OCH3 is 1. The zero-order valence-electron chi connectivity index (χ0n) is 13.1. The lowest BCUT2D eigenvalue weighted by Gasteiger charge is -2.35. The van der Waals surface area contributed by atoms with Gasteiger partial charge in [0, 0.05) is 5.02 Å². The standard InChI is InChI=1S/C17H22ClNO3/c1-12-10-14(18)7-6-13(12)11-15(20)19-17(16(21)22-2)8-4-3-5-9-17/h6-7,10H,3-5,8-9,11H2,1-2H3,(H,19,20). The third kappa shape index (κ3) is 3.80. The molecule has 0 saturated heterocycles. The third-order valence-electron chi connectivity index (χ3n) is 4.32. The zero-order chi connectivity index (χ0) is 16.2. The quantitative estimate of drug-likeness (QED) is 0.866. The Labute approximate surface area is 136 Å². The third-order valence-corrected chi connectivity index (χ3v) is 4.55. The summed E-state index contributed by atoms with van der Waals surface area (Å²) in [4.78, 5) is 24.5. The molecule has 22 heavy (non-hydrogen) atoms. The number of rotatable bonds is 4. The van der Waals surface area contributed by atoms with Crippen molar-refractivity contribution in [2.24, 2.45) is 0 Å². The molecule has 1 N–H and O–H groups in total. The number of carbonyl (C=O) groups is 2. The van der Waals surface area contributed by atoms with Gasteiger partial charge in [0.1, 0.15) is 5.54 Å². The molecule has 0 aliphatic heterocycles. The monoisotopic (exact) mass is 323 g/mol. The average Bonchev–Trinajstić information content (AvgIpc) is 2.50. The Kier molecular flexibility index (Phi) is 5.46. The number of hydrogen-bond donors (Lipinski definition) is 1. The van der Waals surface area contributed by atoms with Crippen molar-refractivity contribution in [2.75, 3.05) is 7.11 Å². The lowest BCUT2D eigenvalue weighted by molar-refractivity contribution is -0.152. The van der Waals surface area contributed by atoms with Gasteiger partial charge >= 0.3 is 5.97 Å². The summed E-state index contributed by atoms with van der Waals surface area (Å²) in [6, 6.07) is 5.46. The van der Waals surface area contributed by atoms with E-state index < -0.39 is 5.54 Å². The summed E-state index contributed by atoms with van der Waals surface area (Å²) in [5, 5.41) is 3.58. The second kappa shape index (κ2) is 7.14. The fourth-order valence-corrected chi connectivity index (χ4v) is 3.30. The molecule has 0 radical (unpaired) electrons. The molecule has 1 saturated carbocycles. The van der Waals surface area contributed by atoms with Gasteiger partial charge in [-0.1, -0.05) is 36.9 Å². The highest BCUT2D eigenvalue weighted by Gasteiger charge is 2.41. The first-order valence-corrected chi connectivity index (χ1v) is 7.99. The maximum absolute atomic E-state index is 12.4. The van der Waals surface area contributed by atoms with Crippen LogP contribution in [-0.4, -0.2) is 24.5 Å². The second-order valence-electron chi connectivity index (χ2n) is 5.93. The van der Waals surface area contributed by atoms with Crippen molar-refractivity contribution in [1.29, 1.82) is 0 Å². The van der Waals surface area contributed by atoms with Gasteiger partial charge in [-0.2, -0.15) is 0 Å². The van der Waals surface area contributed by atoms with Crippen LogP contribution in [0, 0.1) is 6.92 Å². The molecule has 1 fully saturated rings. The van der Waals surface area contributed by atoms with Gasteiger partial charge in [-0.3, -0.25) is 4.79 Å². The Balaban J connectivity index is 2.09. The summed E-state index contributed by atoms with van der Waals surface area (Å²) in [6.45, 7) is 1.92. The van der Waals surface area contributed by atoms with Crippen LogP contribution < -0.4 is 5.32 Å². The van der Waals surface area contributed by atoms with Gasteiger partial charge in [0.2, 0.25) is 5.91 Å². The number of ether oxygens (including phenoxy) is 1. The maximum Gasteiger partial charge on any atom is 0.331 e. The minimum Gasteiger partial charge on any atom is -0.467 e. The van der Waals surface area contributed by atoms with Crippen molar-refractivity contribution in [2.45, 2.75) is 51.0 Å². The van der Waals surface area contributed by atoms with Crippen molar-refractivity contribution in [3.63, 3.8) is 0 Å². The number of carbonyl (C=O) groups excluding carboxylic acids is 2. The molecule has 4 nitrogen and oxygen atoms in total. The molecule has 0 heterocycles. The van der Waals surface area contributed by atoms with E-state index in [0.717, 1.165) is 30.4 Å². The number of hydrogen-bond acceptors (Lipinski definition) is 3. The van der Waals surface area contributed by atoms with E-state index in [1.807, 2.05) is 19.1 Å². The summed E-state index contributed by atoms with van der Waals surface area (Å²) in [7, 11) is 1.37. The van der Waals surface area contributed by atoms with Crippen LogP contribution in [0.4, 0.5) is 0 Å². The lowest BCUT2D eigenvalue weighted by Crippen LogP contribution is -2.56. The van der Waals surface area contributed by atoms with Crippen LogP contribution in [0.25, 0.3) is 0 Å². The van der Waals surface area contributed by atoms with Gasteiger partial charge in [-0.05, 0) is 43.0 Å². The highest BCUT2D eigenvalue weighted by molar-refractivity contribution is 6.30. The van der Waals surface area contributed by atoms with E-state index in [9.17, 15) is 9.59 Å². The first-order chi connectivity index (χ1) is 10.5. The lowest BCUT2D eigenvalue weighted by atomic mass is 9.81. The first kappa shape index (κ1) is 16.8. The Morgan fingerprint density at radius 1 is 1.27 bits per heavy atom. The maximum atomic E-state index is 12.4. The number of esters is 1. The van der Waals surface area contributed by atoms with Crippen LogP contribution in [0.1, 0.15) is 43.2 Å². The highest BCUT2D eigenvalue weighted by Crippen LogP contribution is 2.29. The number of aryl methyl sites for hydroxylation is 1. The predicted molar refractivity (Wildman–Crippen MR) is 85.9 cm³/mol. The molecule has 1 amide bonds. The average molecular weight is 324 g/mol.